The van der Waals surface area contributed by atoms with E-state index in [2.05, 4.69) is 26.1 Å². The second kappa shape index (κ2) is 4.90. The molecule has 102 valence electrons. The van der Waals surface area contributed by atoms with Crippen molar-refractivity contribution in [2.24, 2.45) is 41.2 Å². The zero-order chi connectivity index (χ0) is 13.4. The molecule has 3 N–H and O–H groups in total. The summed E-state index contributed by atoms with van der Waals surface area (Å²) in [4.78, 5) is 22.8. The van der Waals surface area contributed by atoms with Crippen molar-refractivity contribution < 1.29 is 9.59 Å². The maximum atomic E-state index is 12.1. The highest BCUT2D eigenvalue weighted by Gasteiger charge is 2.61. The van der Waals surface area contributed by atoms with E-state index in [0.717, 1.165) is 0 Å². The Morgan fingerprint density at radius 3 is 2.50 bits per heavy atom. The van der Waals surface area contributed by atoms with Crippen molar-refractivity contribution in [3.8, 4) is 0 Å². The number of primary amides is 1. The van der Waals surface area contributed by atoms with Crippen molar-refractivity contribution in [3.63, 3.8) is 0 Å². The maximum absolute atomic E-state index is 12.1. The SMILES string of the molecule is CC(C)C1CCC(C)C2C(C(=O)NCC(N)=O)C12. The Bertz CT molecular complexity index is 354. The van der Waals surface area contributed by atoms with E-state index in [1.165, 1.54) is 12.8 Å². The standard InChI is InChI=1S/C14H24N2O2/c1-7(2)9-5-4-8(3)11-12(9)13(11)14(18)16-6-10(15)17/h7-9,11-13H,4-6H2,1-3H3,(H2,15,17)(H,16,18). The first-order valence-electron chi connectivity index (χ1n) is 6.99. The van der Waals surface area contributed by atoms with Gasteiger partial charge in [0.25, 0.3) is 0 Å². The number of amides is 2. The van der Waals surface area contributed by atoms with Crippen LogP contribution in [0.3, 0.4) is 0 Å². The van der Waals surface area contributed by atoms with Gasteiger partial charge in [-0.25, -0.2) is 0 Å². The molecule has 0 aromatic carbocycles. The molecule has 0 aliphatic heterocycles. The maximum Gasteiger partial charge on any atom is 0.236 e. The second-order valence-corrected chi connectivity index (χ2v) is 6.33. The van der Waals surface area contributed by atoms with Crippen LogP contribution < -0.4 is 11.1 Å². The first-order valence-corrected chi connectivity index (χ1v) is 6.99. The zero-order valence-corrected chi connectivity index (χ0v) is 11.5. The summed E-state index contributed by atoms with van der Waals surface area (Å²) in [6.45, 7) is 6.70. The van der Waals surface area contributed by atoms with Gasteiger partial charge < -0.3 is 11.1 Å². The molecule has 5 unspecified atom stereocenters. The topological polar surface area (TPSA) is 72.2 Å². The predicted molar refractivity (Wildman–Crippen MR) is 69.4 cm³/mol. The van der Waals surface area contributed by atoms with Crippen molar-refractivity contribution in [1.82, 2.24) is 5.32 Å². The molecule has 2 amide bonds. The van der Waals surface area contributed by atoms with Crippen LogP contribution in [0.15, 0.2) is 0 Å². The molecule has 0 spiro atoms. The number of hydrogen-bond acceptors (Lipinski definition) is 2. The van der Waals surface area contributed by atoms with Crippen LogP contribution in [0.5, 0.6) is 0 Å². The summed E-state index contributed by atoms with van der Waals surface area (Å²) in [6, 6.07) is 0. The number of carbonyl (C=O) groups excluding carboxylic acids is 2. The Labute approximate surface area is 109 Å². The van der Waals surface area contributed by atoms with Crippen molar-refractivity contribution in [1.29, 1.82) is 0 Å². The summed E-state index contributed by atoms with van der Waals surface area (Å²) >= 11 is 0. The minimum atomic E-state index is -0.472. The van der Waals surface area contributed by atoms with Crippen LogP contribution in [-0.4, -0.2) is 18.4 Å². The number of hydrogen-bond donors (Lipinski definition) is 2. The van der Waals surface area contributed by atoms with Crippen LogP contribution in [0.4, 0.5) is 0 Å². The second-order valence-electron chi connectivity index (χ2n) is 6.33. The Morgan fingerprint density at radius 1 is 1.28 bits per heavy atom. The molecule has 0 bridgehead atoms. The zero-order valence-electron chi connectivity index (χ0n) is 11.5. The molecular weight excluding hydrogens is 228 g/mol. The first-order chi connectivity index (χ1) is 8.43. The molecule has 4 nitrogen and oxygen atoms in total. The summed E-state index contributed by atoms with van der Waals surface area (Å²) in [5.74, 6) is 2.67. The first kappa shape index (κ1) is 13.4. The van der Waals surface area contributed by atoms with Gasteiger partial charge >= 0.3 is 0 Å². The Balaban J connectivity index is 1.98. The largest absolute Gasteiger partial charge is 0.368 e. The van der Waals surface area contributed by atoms with E-state index in [1.54, 1.807) is 0 Å². The molecule has 2 aliphatic carbocycles. The lowest BCUT2D eigenvalue weighted by molar-refractivity contribution is -0.126. The molecule has 5 atom stereocenters. The van der Waals surface area contributed by atoms with Crippen molar-refractivity contribution in [2.45, 2.75) is 33.6 Å². The van der Waals surface area contributed by atoms with Gasteiger partial charge in [-0.15, -0.1) is 0 Å². The van der Waals surface area contributed by atoms with Gasteiger partial charge in [0.05, 0.1) is 6.54 Å². The molecule has 0 heterocycles. The van der Waals surface area contributed by atoms with Crippen LogP contribution in [-0.2, 0) is 9.59 Å². The Morgan fingerprint density at radius 2 is 1.94 bits per heavy atom. The highest BCUT2D eigenvalue weighted by Crippen LogP contribution is 2.62. The number of nitrogens with two attached hydrogens (primary N) is 1. The molecular formula is C14H24N2O2. The van der Waals surface area contributed by atoms with Gasteiger partial charge in [-0.05, 0) is 36.0 Å². The molecule has 2 rings (SSSR count). The number of nitrogens with one attached hydrogen (secondary N) is 1. The molecule has 0 aromatic rings. The monoisotopic (exact) mass is 252 g/mol. The average molecular weight is 252 g/mol. The quantitative estimate of drug-likeness (QED) is 0.788. The predicted octanol–water partition coefficient (Wildman–Crippen LogP) is 1.15. The van der Waals surface area contributed by atoms with Crippen LogP contribution >= 0.6 is 0 Å². The number of carbonyl (C=O) groups is 2. The summed E-state index contributed by atoms with van der Waals surface area (Å²) in [5, 5.41) is 2.67. The van der Waals surface area contributed by atoms with Crippen molar-refractivity contribution >= 4 is 11.8 Å². The fourth-order valence-electron chi connectivity index (χ4n) is 3.90. The normalized spacial score (nSPS) is 38.1. The highest BCUT2D eigenvalue weighted by molar-refractivity contribution is 5.87. The average Bonchev–Trinajstić information content (AvgIpc) is 3.01. The molecule has 4 heteroatoms. The summed E-state index contributed by atoms with van der Waals surface area (Å²) in [6.07, 6.45) is 2.46. The van der Waals surface area contributed by atoms with Gasteiger partial charge in [0.1, 0.15) is 0 Å². The van der Waals surface area contributed by atoms with Gasteiger partial charge in [0.2, 0.25) is 11.8 Å². The fourth-order valence-corrected chi connectivity index (χ4v) is 3.90. The fraction of sp³-hybridized carbons (Fsp3) is 0.857. The Hall–Kier alpha value is -1.06. The van der Waals surface area contributed by atoms with E-state index in [4.69, 9.17) is 5.73 Å². The van der Waals surface area contributed by atoms with Gasteiger partial charge in [0.15, 0.2) is 0 Å². The summed E-state index contributed by atoms with van der Waals surface area (Å²) in [7, 11) is 0. The highest BCUT2D eigenvalue weighted by atomic mass is 16.2. The minimum absolute atomic E-state index is 0.0307. The summed E-state index contributed by atoms with van der Waals surface area (Å²) in [5.41, 5.74) is 5.06. The van der Waals surface area contributed by atoms with E-state index < -0.39 is 5.91 Å². The van der Waals surface area contributed by atoms with Gasteiger partial charge in [0, 0.05) is 5.92 Å². The van der Waals surface area contributed by atoms with Gasteiger partial charge in [-0.3, -0.25) is 9.59 Å². The minimum Gasteiger partial charge on any atom is -0.368 e. The smallest absolute Gasteiger partial charge is 0.236 e. The van der Waals surface area contributed by atoms with Crippen LogP contribution in [0.2, 0.25) is 0 Å². The molecule has 0 saturated heterocycles. The van der Waals surface area contributed by atoms with Gasteiger partial charge in [-0.2, -0.15) is 0 Å². The lowest BCUT2D eigenvalue weighted by Crippen LogP contribution is -2.35. The van der Waals surface area contributed by atoms with Crippen LogP contribution in [0.25, 0.3) is 0 Å². The third-order valence-corrected chi connectivity index (χ3v) is 4.84. The number of fused-ring (bicyclic) bond motifs is 1. The number of rotatable bonds is 4. The van der Waals surface area contributed by atoms with E-state index in [1.807, 2.05) is 0 Å². The molecule has 0 aromatic heterocycles. The molecule has 2 saturated carbocycles. The Kier molecular flexibility index (Phi) is 3.64. The van der Waals surface area contributed by atoms with E-state index >= 15 is 0 Å². The van der Waals surface area contributed by atoms with E-state index in [-0.39, 0.29) is 18.4 Å². The lowest BCUT2D eigenvalue weighted by Gasteiger charge is -2.28. The lowest BCUT2D eigenvalue weighted by atomic mass is 9.77. The third kappa shape index (κ3) is 2.38. The van der Waals surface area contributed by atoms with Gasteiger partial charge in [-0.1, -0.05) is 27.2 Å². The van der Waals surface area contributed by atoms with Crippen molar-refractivity contribution in [2.75, 3.05) is 6.54 Å². The van der Waals surface area contributed by atoms with Crippen molar-refractivity contribution in [3.05, 3.63) is 0 Å². The third-order valence-electron chi connectivity index (χ3n) is 4.84. The summed E-state index contributed by atoms with van der Waals surface area (Å²) < 4.78 is 0. The van der Waals surface area contributed by atoms with Crippen LogP contribution in [0.1, 0.15) is 33.6 Å². The van der Waals surface area contributed by atoms with E-state index in [9.17, 15) is 9.59 Å². The molecule has 2 fully saturated rings. The van der Waals surface area contributed by atoms with Crippen LogP contribution in [0, 0.1) is 35.5 Å². The van der Waals surface area contributed by atoms with E-state index in [0.29, 0.717) is 29.6 Å². The molecule has 18 heavy (non-hydrogen) atoms. The molecule has 2 aliphatic rings. The molecule has 0 radical (unpaired) electrons.